The fourth-order valence-corrected chi connectivity index (χ4v) is 2.13. The van der Waals surface area contributed by atoms with Crippen LogP contribution in [0.2, 0.25) is 10.0 Å². The quantitative estimate of drug-likeness (QED) is 0.835. The maximum Gasteiger partial charge on any atom is 0.356 e. The van der Waals surface area contributed by atoms with Crippen molar-refractivity contribution in [3.8, 4) is 23.6 Å². The molecule has 0 aliphatic heterocycles. The molecule has 2 rings (SSSR count). The Labute approximate surface area is 125 Å². The van der Waals surface area contributed by atoms with Crippen molar-refractivity contribution in [3.63, 3.8) is 0 Å². The SMILES string of the molecule is C#Cc1ccc(-c2nc(C(=O)O)c(Cl)c(N)c2Cl)cc1. The van der Waals surface area contributed by atoms with Crippen LogP contribution in [0.25, 0.3) is 11.3 Å². The van der Waals surface area contributed by atoms with Gasteiger partial charge in [0.2, 0.25) is 0 Å². The van der Waals surface area contributed by atoms with Crippen LogP contribution in [0.5, 0.6) is 0 Å². The number of aromatic nitrogens is 1. The van der Waals surface area contributed by atoms with Crippen molar-refractivity contribution >= 4 is 34.9 Å². The first-order valence-corrected chi connectivity index (χ1v) is 6.16. The molecule has 0 saturated heterocycles. The molecule has 0 unspecified atom stereocenters. The minimum Gasteiger partial charge on any atom is -0.476 e. The average Bonchev–Trinajstić information content (AvgIpc) is 2.45. The molecule has 0 aliphatic rings. The molecule has 0 fully saturated rings. The topological polar surface area (TPSA) is 76.2 Å². The molecule has 0 aliphatic carbocycles. The highest BCUT2D eigenvalue weighted by molar-refractivity contribution is 6.41. The second-order valence-corrected chi connectivity index (χ2v) is 4.63. The molecule has 0 bridgehead atoms. The van der Waals surface area contributed by atoms with E-state index in [9.17, 15) is 4.79 Å². The lowest BCUT2D eigenvalue weighted by Gasteiger charge is -2.10. The molecule has 0 spiro atoms. The van der Waals surface area contributed by atoms with E-state index in [2.05, 4.69) is 10.9 Å². The number of hydrogen-bond acceptors (Lipinski definition) is 3. The Morgan fingerprint density at radius 3 is 2.35 bits per heavy atom. The molecule has 1 aromatic carbocycles. The number of hydrogen-bond donors (Lipinski definition) is 2. The fraction of sp³-hybridized carbons (Fsp3) is 0. The summed E-state index contributed by atoms with van der Waals surface area (Å²) in [5, 5.41) is 8.99. The van der Waals surface area contributed by atoms with E-state index in [1.54, 1.807) is 24.3 Å². The third kappa shape index (κ3) is 2.42. The van der Waals surface area contributed by atoms with Gasteiger partial charge in [-0.1, -0.05) is 41.3 Å². The van der Waals surface area contributed by atoms with Crippen LogP contribution >= 0.6 is 23.2 Å². The highest BCUT2D eigenvalue weighted by Gasteiger charge is 2.20. The van der Waals surface area contributed by atoms with Gasteiger partial charge in [-0.15, -0.1) is 6.42 Å². The number of pyridine rings is 1. The second kappa shape index (κ2) is 5.41. The van der Waals surface area contributed by atoms with Crippen molar-refractivity contribution in [1.82, 2.24) is 4.98 Å². The van der Waals surface area contributed by atoms with E-state index in [4.69, 9.17) is 40.5 Å². The summed E-state index contributed by atoms with van der Waals surface area (Å²) in [4.78, 5) is 15.1. The number of rotatable bonds is 2. The van der Waals surface area contributed by atoms with Gasteiger partial charge in [0, 0.05) is 11.1 Å². The first-order chi connectivity index (χ1) is 9.45. The molecule has 2 aromatic rings. The van der Waals surface area contributed by atoms with Crippen LogP contribution in [0.15, 0.2) is 24.3 Å². The summed E-state index contributed by atoms with van der Waals surface area (Å²) in [6.07, 6.45) is 5.27. The number of anilines is 1. The van der Waals surface area contributed by atoms with E-state index >= 15 is 0 Å². The van der Waals surface area contributed by atoms with Crippen molar-refractivity contribution in [2.45, 2.75) is 0 Å². The lowest BCUT2D eigenvalue weighted by molar-refractivity contribution is 0.0691. The predicted octanol–water partition coefficient (Wildman–Crippen LogP) is 3.32. The number of carboxylic acids is 1. The van der Waals surface area contributed by atoms with Gasteiger partial charge in [0.15, 0.2) is 5.69 Å². The summed E-state index contributed by atoms with van der Waals surface area (Å²) in [5.74, 6) is 1.20. The van der Waals surface area contributed by atoms with Crippen LogP contribution in [-0.4, -0.2) is 16.1 Å². The highest BCUT2D eigenvalue weighted by atomic mass is 35.5. The predicted molar refractivity (Wildman–Crippen MR) is 79.0 cm³/mol. The van der Waals surface area contributed by atoms with E-state index in [1.807, 2.05) is 0 Å². The largest absolute Gasteiger partial charge is 0.476 e. The van der Waals surface area contributed by atoms with Crippen molar-refractivity contribution in [2.75, 3.05) is 5.73 Å². The number of halogens is 2. The lowest BCUT2D eigenvalue weighted by Crippen LogP contribution is -2.06. The number of nitrogens with two attached hydrogens (primary N) is 1. The average molecular weight is 307 g/mol. The van der Waals surface area contributed by atoms with Crippen LogP contribution in [0, 0.1) is 12.3 Å². The van der Waals surface area contributed by atoms with Crippen LogP contribution in [0.3, 0.4) is 0 Å². The molecule has 1 aromatic heterocycles. The molecule has 1 heterocycles. The number of nitrogen functional groups attached to an aromatic ring is 1. The van der Waals surface area contributed by atoms with E-state index in [0.717, 1.165) is 0 Å². The third-order valence-corrected chi connectivity index (χ3v) is 3.41. The van der Waals surface area contributed by atoms with Crippen molar-refractivity contribution in [1.29, 1.82) is 0 Å². The Bertz CT molecular complexity index is 734. The molecular formula is C14H8Cl2N2O2. The summed E-state index contributed by atoms with van der Waals surface area (Å²) >= 11 is 11.9. The smallest absolute Gasteiger partial charge is 0.356 e. The zero-order chi connectivity index (χ0) is 14.9. The van der Waals surface area contributed by atoms with Crippen LogP contribution in [0.4, 0.5) is 5.69 Å². The second-order valence-electron chi connectivity index (χ2n) is 3.88. The van der Waals surface area contributed by atoms with Gasteiger partial charge in [0.05, 0.1) is 21.4 Å². The monoisotopic (exact) mass is 306 g/mol. The molecule has 20 heavy (non-hydrogen) atoms. The van der Waals surface area contributed by atoms with E-state index in [0.29, 0.717) is 11.1 Å². The van der Waals surface area contributed by atoms with Gasteiger partial charge < -0.3 is 10.8 Å². The molecule has 4 nitrogen and oxygen atoms in total. The summed E-state index contributed by atoms with van der Waals surface area (Å²) in [6, 6.07) is 6.75. The van der Waals surface area contributed by atoms with Gasteiger partial charge in [-0.05, 0) is 12.1 Å². The summed E-state index contributed by atoms with van der Waals surface area (Å²) in [5.41, 5.74) is 6.88. The van der Waals surface area contributed by atoms with Gasteiger partial charge >= 0.3 is 5.97 Å². The maximum absolute atomic E-state index is 11.1. The molecule has 0 radical (unpaired) electrons. The standard InChI is InChI=1S/C14H8Cl2N2O2/c1-2-7-3-5-8(6-4-7)12-9(15)11(17)10(16)13(18-12)14(19)20/h1,3-6H,(H2,17,18)(H,19,20). The molecule has 0 saturated carbocycles. The Morgan fingerprint density at radius 2 is 1.85 bits per heavy atom. The Morgan fingerprint density at radius 1 is 1.25 bits per heavy atom. The molecular weight excluding hydrogens is 299 g/mol. The van der Waals surface area contributed by atoms with Crippen molar-refractivity contribution < 1.29 is 9.90 Å². The van der Waals surface area contributed by atoms with Crippen molar-refractivity contribution in [2.24, 2.45) is 0 Å². The van der Waals surface area contributed by atoms with Gasteiger partial charge in [-0.3, -0.25) is 0 Å². The number of carboxylic acid groups (broad SMARTS) is 1. The molecule has 0 atom stereocenters. The van der Waals surface area contributed by atoms with Gasteiger partial charge in [0.25, 0.3) is 0 Å². The molecule has 100 valence electrons. The zero-order valence-electron chi connectivity index (χ0n) is 10.0. The lowest BCUT2D eigenvalue weighted by atomic mass is 10.1. The number of nitrogens with zero attached hydrogens (tertiary/aromatic N) is 1. The highest BCUT2D eigenvalue weighted by Crippen LogP contribution is 2.36. The molecule has 6 heteroatoms. The normalized spacial score (nSPS) is 10.1. The number of aromatic carboxylic acids is 1. The summed E-state index contributed by atoms with van der Waals surface area (Å²) in [6.45, 7) is 0. The van der Waals surface area contributed by atoms with E-state index < -0.39 is 5.97 Å². The Kier molecular flexibility index (Phi) is 3.84. The summed E-state index contributed by atoms with van der Waals surface area (Å²) < 4.78 is 0. The minimum absolute atomic E-state index is 0.0169. The van der Waals surface area contributed by atoms with Gasteiger partial charge in [0.1, 0.15) is 0 Å². The molecule has 3 N–H and O–H groups in total. The Hall–Kier alpha value is -2.22. The zero-order valence-corrected chi connectivity index (χ0v) is 11.5. The summed E-state index contributed by atoms with van der Waals surface area (Å²) in [7, 11) is 0. The van der Waals surface area contributed by atoms with Crippen LogP contribution in [-0.2, 0) is 0 Å². The Balaban J connectivity index is 2.67. The van der Waals surface area contributed by atoms with Crippen LogP contribution in [0.1, 0.15) is 16.1 Å². The molecule has 0 amide bonds. The minimum atomic E-state index is -1.28. The van der Waals surface area contributed by atoms with E-state index in [-0.39, 0.29) is 27.1 Å². The van der Waals surface area contributed by atoms with Gasteiger partial charge in [-0.25, -0.2) is 9.78 Å². The first-order valence-electron chi connectivity index (χ1n) is 5.40. The van der Waals surface area contributed by atoms with Crippen LogP contribution < -0.4 is 5.73 Å². The number of benzene rings is 1. The van der Waals surface area contributed by atoms with E-state index in [1.165, 1.54) is 0 Å². The van der Waals surface area contributed by atoms with Gasteiger partial charge in [-0.2, -0.15) is 0 Å². The third-order valence-electron chi connectivity index (χ3n) is 2.64. The fourth-order valence-electron chi connectivity index (χ4n) is 1.62. The number of carbonyl (C=O) groups is 1. The first kappa shape index (κ1) is 14.2. The maximum atomic E-state index is 11.1. The van der Waals surface area contributed by atoms with Crippen molar-refractivity contribution in [3.05, 3.63) is 45.6 Å². The number of terminal acetylenes is 1.